The summed E-state index contributed by atoms with van der Waals surface area (Å²) < 4.78 is 24.3. The van der Waals surface area contributed by atoms with E-state index in [-0.39, 0.29) is 11.3 Å². The second-order valence-corrected chi connectivity index (χ2v) is 5.57. The van der Waals surface area contributed by atoms with Gasteiger partial charge in [0.25, 0.3) is 0 Å². The average Bonchev–Trinajstić information content (AvgIpc) is 2.36. The highest BCUT2D eigenvalue weighted by Crippen LogP contribution is 2.15. The topological polar surface area (TPSA) is 95.5 Å². The smallest absolute Gasteiger partial charge is 0.335 e. The summed E-state index contributed by atoms with van der Waals surface area (Å²) >= 11 is 0. The van der Waals surface area contributed by atoms with Crippen LogP contribution in [0.3, 0.4) is 0 Å². The lowest BCUT2D eigenvalue weighted by Crippen LogP contribution is -2.30. The lowest BCUT2D eigenvalue weighted by atomic mass is 10.2. The van der Waals surface area contributed by atoms with Gasteiger partial charge in [0, 0.05) is 29.4 Å². The van der Waals surface area contributed by atoms with Gasteiger partial charge in [-0.25, -0.2) is 14.0 Å². The van der Waals surface area contributed by atoms with Gasteiger partial charge >= 0.3 is 12.0 Å². The highest BCUT2D eigenvalue weighted by atomic mass is 32.2. The number of aromatic carboxylic acids is 1. The van der Waals surface area contributed by atoms with Crippen LogP contribution in [-0.2, 0) is 10.8 Å². The Morgan fingerprint density at radius 2 is 2.10 bits per heavy atom. The Bertz CT molecular complexity index is 536. The molecule has 6 nitrogen and oxygen atoms in total. The van der Waals surface area contributed by atoms with Gasteiger partial charge in [0.15, 0.2) is 0 Å². The third-order valence-electron chi connectivity index (χ3n) is 2.36. The van der Waals surface area contributed by atoms with Crippen LogP contribution in [0.25, 0.3) is 0 Å². The second kappa shape index (κ2) is 7.59. The predicted octanol–water partition coefficient (Wildman–Crippen LogP) is 1.41. The van der Waals surface area contributed by atoms with Crippen LogP contribution in [0.15, 0.2) is 18.2 Å². The largest absolute Gasteiger partial charge is 0.478 e. The lowest BCUT2D eigenvalue weighted by molar-refractivity contribution is 0.0696. The summed E-state index contributed by atoms with van der Waals surface area (Å²) in [5, 5.41) is 13.4. The Labute approximate surface area is 117 Å². The first-order chi connectivity index (χ1) is 9.40. The molecule has 0 saturated carbocycles. The number of carboxylic acid groups (broad SMARTS) is 1. The van der Waals surface area contributed by atoms with E-state index in [9.17, 15) is 18.2 Å². The van der Waals surface area contributed by atoms with Crippen molar-refractivity contribution in [2.24, 2.45) is 0 Å². The number of benzene rings is 1. The van der Waals surface area contributed by atoms with Crippen LogP contribution >= 0.6 is 0 Å². The van der Waals surface area contributed by atoms with E-state index in [1.165, 1.54) is 12.1 Å². The Morgan fingerprint density at radius 1 is 1.40 bits per heavy atom. The van der Waals surface area contributed by atoms with E-state index < -0.39 is 28.6 Å². The normalized spacial score (nSPS) is 11.7. The summed E-state index contributed by atoms with van der Waals surface area (Å²) in [6.07, 6.45) is 2.12. The zero-order chi connectivity index (χ0) is 15.1. The van der Waals surface area contributed by atoms with Gasteiger partial charge in [-0.1, -0.05) is 0 Å². The van der Waals surface area contributed by atoms with Gasteiger partial charge < -0.3 is 15.7 Å². The molecule has 0 aromatic heterocycles. The molecule has 0 aliphatic carbocycles. The van der Waals surface area contributed by atoms with E-state index in [4.69, 9.17) is 5.11 Å². The number of urea groups is 1. The average molecular weight is 302 g/mol. The standard InChI is InChI=1S/C12H15FN2O4S/c1-20(19)6-2-5-14-12(18)15-10-4-3-8(11(16)17)7-9(10)13/h3-4,7H,2,5-6H2,1H3,(H,16,17)(H2,14,15,18). The Hall–Kier alpha value is -1.96. The van der Waals surface area contributed by atoms with Gasteiger partial charge in [0.05, 0.1) is 11.3 Å². The quantitative estimate of drug-likeness (QED) is 0.692. The molecule has 1 aromatic rings. The molecule has 0 bridgehead atoms. The Balaban J connectivity index is 2.50. The fourth-order valence-corrected chi connectivity index (χ4v) is 1.94. The van der Waals surface area contributed by atoms with Crippen LogP contribution in [0, 0.1) is 5.82 Å². The maximum absolute atomic E-state index is 13.5. The van der Waals surface area contributed by atoms with Crippen molar-refractivity contribution < 1.29 is 23.3 Å². The molecule has 0 spiro atoms. The van der Waals surface area contributed by atoms with Crippen LogP contribution < -0.4 is 10.6 Å². The molecule has 1 unspecified atom stereocenters. The number of amides is 2. The Kier molecular flexibility index (Phi) is 6.10. The first-order valence-electron chi connectivity index (χ1n) is 5.78. The number of rotatable bonds is 6. The molecule has 0 saturated heterocycles. The minimum absolute atomic E-state index is 0.105. The molecule has 1 atom stereocenters. The molecule has 0 fully saturated rings. The van der Waals surface area contributed by atoms with Crippen molar-refractivity contribution in [3.8, 4) is 0 Å². The van der Waals surface area contributed by atoms with Crippen molar-refractivity contribution in [3.63, 3.8) is 0 Å². The van der Waals surface area contributed by atoms with Gasteiger partial charge in [-0.15, -0.1) is 0 Å². The Morgan fingerprint density at radius 3 is 2.65 bits per heavy atom. The van der Waals surface area contributed by atoms with Gasteiger partial charge in [-0.2, -0.15) is 0 Å². The molecule has 20 heavy (non-hydrogen) atoms. The molecule has 8 heteroatoms. The molecular weight excluding hydrogens is 287 g/mol. The second-order valence-electron chi connectivity index (χ2n) is 4.01. The molecular formula is C12H15FN2O4S. The van der Waals surface area contributed by atoms with Crippen LogP contribution in [0.2, 0.25) is 0 Å². The van der Waals surface area contributed by atoms with Crippen molar-refractivity contribution in [2.45, 2.75) is 6.42 Å². The number of hydrogen-bond acceptors (Lipinski definition) is 3. The molecule has 0 radical (unpaired) electrons. The summed E-state index contributed by atoms with van der Waals surface area (Å²) in [4.78, 5) is 22.1. The van der Waals surface area contributed by atoms with Crippen molar-refractivity contribution in [1.82, 2.24) is 5.32 Å². The summed E-state index contributed by atoms with van der Waals surface area (Å²) in [5.41, 5.74) is -0.301. The number of carboxylic acids is 1. The molecule has 0 aliphatic rings. The third-order valence-corrected chi connectivity index (χ3v) is 3.22. The first kappa shape index (κ1) is 16.1. The minimum atomic E-state index is -1.24. The highest BCUT2D eigenvalue weighted by molar-refractivity contribution is 7.84. The van der Waals surface area contributed by atoms with Crippen molar-refractivity contribution in [3.05, 3.63) is 29.6 Å². The van der Waals surface area contributed by atoms with Gasteiger partial charge in [-0.3, -0.25) is 4.21 Å². The zero-order valence-electron chi connectivity index (χ0n) is 10.8. The maximum Gasteiger partial charge on any atom is 0.335 e. The van der Waals surface area contributed by atoms with E-state index in [0.717, 1.165) is 6.07 Å². The summed E-state index contributed by atoms with van der Waals surface area (Å²) in [7, 11) is -0.916. The number of carbonyl (C=O) groups excluding carboxylic acids is 1. The van der Waals surface area contributed by atoms with Crippen LogP contribution in [0.1, 0.15) is 16.8 Å². The summed E-state index contributed by atoms with van der Waals surface area (Å²) in [6.45, 7) is 0.320. The van der Waals surface area contributed by atoms with Crippen LogP contribution in [0.4, 0.5) is 14.9 Å². The molecule has 2 amide bonds. The molecule has 3 N–H and O–H groups in total. The number of halogens is 1. The van der Waals surface area contributed by atoms with Crippen molar-refractivity contribution in [2.75, 3.05) is 23.9 Å². The lowest BCUT2D eigenvalue weighted by Gasteiger charge is -2.08. The highest BCUT2D eigenvalue weighted by Gasteiger charge is 2.10. The van der Waals surface area contributed by atoms with E-state index in [0.29, 0.717) is 18.7 Å². The number of hydrogen-bond donors (Lipinski definition) is 3. The molecule has 1 aromatic carbocycles. The minimum Gasteiger partial charge on any atom is -0.478 e. The molecule has 0 aliphatic heterocycles. The van der Waals surface area contributed by atoms with Gasteiger partial charge in [0.2, 0.25) is 0 Å². The monoisotopic (exact) mass is 302 g/mol. The molecule has 0 heterocycles. The van der Waals surface area contributed by atoms with E-state index in [1.807, 2.05) is 0 Å². The summed E-state index contributed by atoms with van der Waals surface area (Å²) in [6, 6.07) is 2.60. The molecule has 110 valence electrons. The third kappa shape index (κ3) is 5.35. The SMILES string of the molecule is CS(=O)CCCNC(=O)Nc1ccc(C(=O)O)cc1F. The van der Waals surface area contributed by atoms with E-state index in [1.54, 1.807) is 6.26 Å². The fourth-order valence-electron chi connectivity index (χ4n) is 1.39. The maximum atomic E-state index is 13.5. The first-order valence-corrected chi connectivity index (χ1v) is 7.50. The number of nitrogens with one attached hydrogen (secondary N) is 2. The number of carbonyl (C=O) groups is 2. The van der Waals surface area contributed by atoms with Crippen molar-refractivity contribution in [1.29, 1.82) is 0 Å². The van der Waals surface area contributed by atoms with Crippen LogP contribution in [0.5, 0.6) is 0 Å². The predicted molar refractivity (Wildman–Crippen MR) is 73.9 cm³/mol. The fraction of sp³-hybridized carbons (Fsp3) is 0.333. The van der Waals surface area contributed by atoms with E-state index in [2.05, 4.69) is 10.6 Å². The number of anilines is 1. The van der Waals surface area contributed by atoms with Gasteiger partial charge in [0.1, 0.15) is 5.82 Å². The van der Waals surface area contributed by atoms with E-state index >= 15 is 0 Å². The zero-order valence-corrected chi connectivity index (χ0v) is 11.6. The van der Waals surface area contributed by atoms with Crippen molar-refractivity contribution >= 4 is 28.5 Å². The molecule has 1 rings (SSSR count). The van der Waals surface area contributed by atoms with Crippen LogP contribution in [-0.4, -0.2) is 39.9 Å². The van der Waals surface area contributed by atoms with Gasteiger partial charge in [-0.05, 0) is 24.6 Å². The summed E-state index contributed by atoms with van der Waals surface area (Å²) in [5.74, 6) is -1.59.